The highest BCUT2D eigenvalue weighted by Gasteiger charge is 2.24. The van der Waals surface area contributed by atoms with Crippen molar-refractivity contribution < 1.29 is 9.53 Å². The molecule has 0 aliphatic carbocycles. The van der Waals surface area contributed by atoms with Crippen molar-refractivity contribution in [1.82, 2.24) is 4.98 Å². The lowest BCUT2D eigenvalue weighted by molar-refractivity contribution is -0.124. The molecule has 0 aromatic carbocycles. The van der Waals surface area contributed by atoms with E-state index in [0.29, 0.717) is 18.1 Å². The van der Waals surface area contributed by atoms with E-state index in [1.54, 1.807) is 18.3 Å². The maximum Gasteiger partial charge on any atom is 0.254 e. The molecule has 0 bridgehead atoms. The molecule has 1 amide bonds. The van der Waals surface area contributed by atoms with Crippen LogP contribution in [0.2, 0.25) is 0 Å². The first-order valence-electron chi connectivity index (χ1n) is 4.90. The molecule has 15 heavy (non-hydrogen) atoms. The molecule has 1 saturated heterocycles. The molecule has 3 N–H and O–H groups in total. The fourth-order valence-corrected chi connectivity index (χ4v) is 1.50. The van der Waals surface area contributed by atoms with Crippen LogP contribution in [-0.2, 0) is 9.53 Å². The Morgan fingerprint density at radius 2 is 2.53 bits per heavy atom. The minimum absolute atomic E-state index is 0.169. The van der Waals surface area contributed by atoms with Gasteiger partial charge < -0.3 is 15.8 Å². The lowest BCUT2D eigenvalue weighted by Gasteiger charge is -2.10. The zero-order chi connectivity index (χ0) is 10.7. The Labute approximate surface area is 87.6 Å². The fourth-order valence-electron chi connectivity index (χ4n) is 1.50. The second-order valence-corrected chi connectivity index (χ2v) is 3.43. The summed E-state index contributed by atoms with van der Waals surface area (Å²) < 4.78 is 5.25. The summed E-state index contributed by atoms with van der Waals surface area (Å²) in [6.45, 7) is 0.649. The summed E-state index contributed by atoms with van der Waals surface area (Å²) in [5.74, 6) is 0.232. The van der Waals surface area contributed by atoms with Crippen LogP contribution in [0.4, 0.5) is 11.5 Å². The largest absolute Gasteiger partial charge is 0.396 e. The molecule has 1 fully saturated rings. The number of rotatable bonds is 2. The number of anilines is 2. The average Bonchev–Trinajstić information content (AvgIpc) is 2.74. The van der Waals surface area contributed by atoms with E-state index in [9.17, 15) is 4.79 Å². The normalized spacial score (nSPS) is 20.1. The third-order valence-electron chi connectivity index (χ3n) is 2.30. The predicted octanol–water partition coefficient (Wildman–Crippen LogP) is 0.781. The molecular weight excluding hydrogens is 194 g/mol. The third kappa shape index (κ3) is 2.24. The van der Waals surface area contributed by atoms with Gasteiger partial charge in [0, 0.05) is 12.8 Å². The number of carbonyl (C=O) groups is 1. The molecule has 0 radical (unpaired) electrons. The van der Waals surface area contributed by atoms with Crippen molar-refractivity contribution in [3.8, 4) is 0 Å². The number of carbonyl (C=O) groups excluding carboxylic acids is 1. The van der Waals surface area contributed by atoms with Gasteiger partial charge in [-0.1, -0.05) is 0 Å². The van der Waals surface area contributed by atoms with E-state index in [4.69, 9.17) is 10.5 Å². The number of hydrogen-bond donors (Lipinski definition) is 2. The van der Waals surface area contributed by atoms with Crippen molar-refractivity contribution in [2.24, 2.45) is 0 Å². The summed E-state index contributed by atoms with van der Waals surface area (Å²) in [6, 6.07) is 3.41. The smallest absolute Gasteiger partial charge is 0.254 e. The van der Waals surface area contributed by atoms with Crippen LogP contribution in [0.1, 0.15) is 12.8 Å². The van der Waals surface area contributed by atoms with Gasteiger partial charge in [0.15, 0.2) is 5.82 Å². The van der Waals surface area contributed by atoms with Gasteiger partial charge in [-0.25, -0.2) is 4.98 Å². The summed E-state index contributed by atoms with van der Waals surface area (Å²) in [6.07, 6.45) is 2.92. The second kappa shape index (κ2) is 4.27. The number of nitrogen functional groups attached to an aromatic ring is 1. The summed E-state index contributed by atoms with van der Waals surface area (Å²) in [4.78, 5) is 15.6. The number of nitrogens with zero attached hydrogens (tertiary/aromatic N) is 1. The van der Waals surface area contributed by atoms with Gasteiger partial charge in [-0.2, -0.15) is 0 Å². The molecule has 2 heterocycles. The van der Waals surface area contributed by atoms with Gasteiger partial charge in [-0.05, 0) is 25.0 Å². The highest BCUT2D eigenvalue weighted by molar-refractivity contribution is 5.95. The standard InChI is InChI=1S/C10H13N3O2/c11-7-3-1-5-12-9(7)13-10(14)8-4-2-6-15-8/h1,3,5,8H,2,4,6,11H2,(H,12,13,14). The van der Waals surface area contributed by atoms with Gasteiger partial charge in [0.05, 0.1) is 5.69 Å². The van der Waals surface area contributed by atoms with Crippen molar-refractivity contribution in [3.05, 3.63) is 18.3 Å². The number of pyridine rings is 1. The van der Waals surface area contributed by atoms with Gasteiger partial charge in [-0.3, -0.25) is 4.79 Å². The second-order valence-electron chi connectivity index (χ2n) is 3.43. The summed E-state index contributed by atoms with van der Waals surface area (Å²) >= 11 is 0. The van der Waals surface area contributed by atoms with Crippen LogP contribution < -0.4 is 11.1 Å². The summed E-state index contributed by atoms with van der Waals surface area (Å²) in [7, 11) is 0. The van der Waals surface area contributed by atoms with Crippen LogP contribution >= 0.6 is 0 Å². The number of nitrogens with one attached hydrogen (secondary N) is 1. The van der Waals surface area contributed by atoms with Gasteiger partial charge >= 0.3 is 0 Å². The van der Waals surface area contributed by atoms with Crippen molar-refractivity contribution in [2.75, 3.05) is 17.7 Å². The van der Waals surface area contributed by atoms with Gasteiger partial charge in [0.2, 0.25) is 0 Å². The highest BCUT2D eigenvalue weighted by atomic mass is 16.5. The topological polar surface area (TPSA) is 77.2 Å². The van der Waals surface area contributed by atoms with E-state index in [1.807, 2.05) is 0 Å². The Morgan fingerprint density at radius 1 is 1.67 bits per heavy atom. The van der Waals surface area contributed by atoms with Crippen LogP contribution in [0.5, 0.6) is 0 Å². The van der Waals surface area contributed by atoms with Crippen molar-refractivity contribution >= 4 is 17.4 Å². The molecule has 5 heteroatoms. The average molecular weight is 207 g/mol. The maximum atomic E-state index is 11.6. The van der Waals surface area contributed by atoms with E-state index in [2.05, 4.69) is 10.3 Å². The molecule has 1 unspecified atom stereocenters. The predicted molar refractivity (Wildman–Crippen MR) is 56.3 cm³/mol. The molecule has 0 saturated carbocycles. The lowest BCUT2D eigenvalue weighted by atomic mass is 10.2. The fraction of sp³-hybridized carbons (Fsp3) is 0.400. The monoisotopic (exact) mass is 207 g/mol. The zero-order valence-electron chi connectivity index (χ0n) is 8.27. The van der Waals surface area contributed by atoms with Gasteiger partial charge in [-0.15, -0.1) is 0 Å². The first-order valence-corrected chi connectivity index (χ1v) is 4.90. The van der Waals surface area contributed by atoms with Crippen molar-refractivity contribution in [3.63, 3.8) is 0 Å². The molecule has 1 aliphatic heterocycles. The number of aromatic nitrogens is 1. The lowest BCUT2D eigenvalue weighted by Crippen LogP contribution is -2.27. The first kappa shape index (κ1) is 9.92. The Morgan fingerprint density at radius 3 is 3.20 bits per heavy atom. The molecule has 1 aromatic heterocycles. The third-order valence-corrected chi connectivity index (χ3v) is 2.30. The molecule has 1 aromatic rings. The van der Waals surface area contributed by atoms with E-state index in [0.717, 1.165) is 12.8 Å². The number of hydrogen-bond acceptors (Lipinski definition) is 4. The van der Waals surface area contributed by atoms with Gasteiger partial charge in [0.25, 0.3) is 5.91 Å². The molecule has 2 rings (SSSR count). The number of amides is 1. The summed E-state index contributed by atoms with van der Waals surface area (Å²) in [5, 5.41) is 2.65. The van der Waals surface area contributed by atoms with E-state index in [-0.39, 0.29) is 12.0 Å². The molecule has 1 aliphatic rings. The quantitative estimate of drug-likeness (QED) is 0.751. The van der Waals surface area contributed by atoms with Crippen LogP contribution in [0.15, 0.2) is 18.3 Å². The number of nitrogens with two attached hydrogens (primary N) is 1. The highest BCUT2D eigenvalue weighted by Crippen LogP contribution is 2.17. The van der Waals surface area contributed by atoms with Crippen LogP contribution in [-0.4, -0.2) is 23.6 Å². The Kier molecular flexibility index (Phi) is 2.82. The zero-order valence-corrected chi connectivity index (χ0v) is 8.27. The molecule has 5 nitrogen and oxygen atoms in total. The molecule has 0 spiro atoms. The van der Waals surface area contributed by atoms with Crippen LogP contribution in [0.25, 0.3) is 0 Å². The van der Waals surface area contributed by atoms with Gasteiger partial charge in [0.1, 0.15) is 6.10 Å². The van der Waals surface area contributed by atoms with Crippen molar-refractivity contribution in [2.45, 2.75) is 18.9 Å². The maximum absolute atomic E-state index is 11.6. The number of ether oxygens (including phenoxy) is 1. The van der Waals surface area contributed by atoms with E-state index < -0.39 is 0 Å². The molecule has 1 atom stereocenters. The van der Waals surface area contributed by atoms with Crippen LogP contribution in [0, 0.1) is 0 Å². The Hall–Kier alpha value is -1.62. The minimum atomic E-state index is -0.355. The minimum Gasteiger partial charge on any atom is -0.396 e. The van der Waals surface area contributed by atoms with E-state index >= 15 is 0 Å². The van der Waals surface area contributed by atoms with Crippen molar-refractivity contribution in [1.29, 1.82) is 0 Å². The molecular formula is C10H13N3O2. The SMILES string of the molecule is Nc1cccnc1NC(=O)C1CCCO1. The Bertz CT molecular complexity index is 361. The van der Waals surface area contributed by atoms with Crippen LogP contribution in [0.3, 0.4) is 0 Å². The van der Waals surface area contributed by atoms with E-state index in [1.165, 1.54) is 0 Å². The summed E-state index contributed by atoms with van der Waals surface area (Å²) in [5.41, 5.74) is 6.11. The Balaban J connectivity index is 2.02. The molecule has 80 valence electrons. The first-order chi connectivity index (χ1) is 7.27.